The van der Waals surface area contributed by atoms with E-state index in [0.717, 1.165) is 51.6 Å². The summed E-state index contributed by atoms with van der Waals surface area (Å²) in [6.45, 7) is 7.41. The van der Waals surface area contributed by atoms with Crippen molar-refractivity contribution in [3.8, 4) is 39.7 Å². The molecule has 61 heavy (non-hydrogen) atoms. The van der Waals surface area contributed by atoms with Gasteiger partial charge in [0.25, 0.3) is 0 Å². The van der Waals surface area contributed by atoms with Crippen LogP contribution in [0.1, 0.15) is 70.7 Å². The van der Waals surface area contributed by atoms with Crippen LogP contribution in [0.15, 0.2) is 73.1 Å². The highest BCUT2D eigenvalue weighted by Crippen LogP contribution is 2.40. The van der Waals surface area contributed by atoms with Gasteiger partial charge in [0.15, 0.2) is 0 Å². The Morgan fingerprint density at radius 1 is 0.754 bits per heavy atom. The fourth-order valence-corrected chi connectivity index (χ4v) is 8.23. The van der Waals surface area contributed by atoms with Crippen LogP contribution in [0.2, 0.25) is 0 Å². The molecule has 0 radical (unpaired) electrons. The molecule has 0 saturated carbocycles. The van der Waals surface area contributed by atoms with E-state index >= 15 is 4.39 Å². The number of rotatable bonds is 11. The molecule has 15 nitrogen and oxygen atoms in total. The summed E-state index contributed by atoms with van der Waals surface area (Å²) >= 11 is 0. The van der Waals surface area contributed by atoms with Crippen molar-refractivity contribution in [2.75, 3.05) is 27.3 Å². The van der Waals surface area contributed by atoms with Crippen LogP contribution in [-0.4, -0.2) is 98.8 Å². The van der Waals surface area contributed by atoms with Crippen molar-refractivity contribution < 1.29 is 33.0 Å². The van der Waals surface area contributed by atoms with Gasteiger partial charge in [0.2, 0.25) is 17.5 Å². The van der Waals surface area contributed by atoms with Gasteiger partial charge in [0.1, 0.15) is 29.8 Å². The third kappa shape index (κ3) is 8.77. The lowest BCUT2D eigenvalue weighted by Crippen LogP contribution is -2.51. The van der Waals surface area contributed by atoms with Gasteiger partial charge in [-0.1, -0.05) is 76.2 Å². The van der Waals surface area contributed by atoms with Gasteiger partial charge in [-0.05, 0) is 64.3 Å². The van der Waals surface area contributed by atoms with Crippen molar-refractivity contribution in [3.63, 3.8) is 0 Å². The number of likely N-dealkylation sites (tertiary alicyclic amines) is 2. The van der Waals surface area contributed by atoms with Crippen LogP contribution in [-0.2, 0) is 19.1 Å². The molecular formula is C45H50FN9O6. The number of alkyl halides is 1. The zero-order valence-electron chi connectivity index (χ0n) is 35.0. The quantitative estimate of drug-likeness (QED) is 0.106. The Balaban J connectivity index is 1.05. The summed E-state index contributed by atoms with van der Waals surface area (Å²) in [5.41, 5.74) is 3.00. The summed E-state index contributed by atoms with van der Waals surface area (Å²) in [7, 11) is 2.48. The maximum absolute atomic E-state index is 15.5. The number of ether oxygens (including phenoxy) is 2. The number of aromatic amines is 2. The molecule has 0 bridgehead atoms. The minimum Gasteiger partial charge on any atom is -0.453 e. The number of hydrogen-bond acceptors (Lipinski definition) is 9. The van der Waals surface area contributed by atoms with Gasteiger partial charge in [0.05, 0.1) is 56.6 Å². The number of aromatic nitrogens is 4. The second kappa shape index (κ2) is 17.5. The second-order valence-electron chi connectivity index (χ2n) is 16.4. The number of hydrogen-bond donors (Lipinski definition) is 4. The number of H-pyrrole nitrogens is 2. The van der Waals surface area contributed by atoms with Gasteiger partial charge < -0.3 is 39.9 Å². The monoisotopic (exact) mass is 831 g/mol. The van der Waals surface area contributed by atoms with Gasteiger partial charge in [-0.15, -0.1) is 0 Å². The molecule has 2 fully saturated rings. The van der Waals surface area contributed by atoms with Gasteiger partial charge in [0, 0.05) is 18.5 Å². The molecule has 2 aliphatic rings. The molecule has 7 rings (SSSR count). The molecule has 2 saturated heterocycles. The fourth-order valence-electron chi connectivity index (χ4n) is 8.23. The average Bonchev–Trinajstić information content (AvgIpc) is 4.10. The first-order chi connectivity index (χ1) is 29.2. The first-order valence-electron chi connectivity index (χ1n) is 20.4. The fraction of sp³-hybridized carbons (Fsp3) is 0.400. The molecule has 2 aliphatic heterocycles. The summed E-state index contributed by atoms with van der Waals surface area (Å²) < 4.78 is 25.0. The molecule has 4 N–H and O–H groups in total. The van der Waals surface area contributed by atoms with Crippen LogP contribution in [0.25, 0.3) is 44.4 Å². The SMILES string of the molecule is COC(=O)N[C@H](C(=O)N1CCC[C@H]1c1ncc(-c2ccc3cc(-c4ccc(-c5cnc([C@@H]6C[C@@](F)(C#N)CN6C(=O)[C@@H](NC(=O)OC)C(C)C)[nH]5)cc4)ccc3c2)[nH]1)C(C)C. The third-order valence-electron chi connectivity index (χ3n) is 11.6. The number of imidazole rings is 2. The van der Waals surface area contributed by atoms with E-state index < -0.39 is 48.4 Å². The number of methoxy groups -OCH3 is 2. The van der Waals surface area contributed by atoms with Crippen molar-refractivity contribution in [2.24, 2.45) is 11.8 Å². The third-order valence-corrected chi connectivity index (χ3v) is 11.6. The van der Waals surface area contributed by atoms with Gasteiger partial charge in [-0.3, -0.25) is 9.59 Å². The summed E-state index contributed by atoms with van der Waals surface area (Å²) in [4.78, 5) is 70.2. The number of nitrogens with zero attached hydrogens (tertiary/aromatic N) is 5. The van der Waals surface area contributed by atoms with Crippen molar-refractivity contribution in [3.05, 3.63) is 84.7 Å². The maximum atomic E-state index is 15.5. The Morgan fingerprint density at radius 3 is 1.80 bits per heavy atom. The number of halogens is 1. The summed E-state index contributed by atoms with van der Waals surface area (Å²) in [5, 5.41) is 17.0. The number of carbonyl (C=O) groups excluding carboxylic acids is 4. The Hall–Kier alpha value is -6.76. The van der Waals surface area contributed by atoms with Gasteiger partial charge >= 0.3 is 12.2 Å². The molecule has 0 spiro atoms. The highest BCUT2D eigenvalue weighted by molar-refractivity contribution is 5.91. The number of fused-ring (bicyclic) bond motifs is 1. The Bertz CT molecular complexity index is 2480. The average molecular weight is 832 g/mol. The van der Waals surface area contributed by atoms with Crippen LogP contribution in [0.5, 0.6) is 0 Å². The van der Waals surface area contributed by atoms with Crippen LogP contribution in [0, 0.1) is 23.2 Å². The minimum absolute atomic E-state index is 0.124. The Morgan fingerprint density at radius 2 is 1.25 bits per heavy atom. The highest BCUT2D eigenvalue weighted by atomic mass is 19.1. The first kappa shape index (κ1) is 42.4. The van der Waals surface area contributed by atoms with E-state index in [4.69, 9.17) is 9.47 Å². The molecule has 0 unspecified atom stereocenters. The van der Waals surface area contributed by atoms with Crippen LogP contribution in [0.4, 0.5) is 14.0 Å². The lowest BCUT2D eigenvalue weighted by Gasteiger charge is -2.30. The summed E-state index contributed by atoms with van der Waals surface area (Å²) in [5.74, 6) is -0.103. The molecule has 318 valence electrons. The van der Waals surface area contributed by atoms with E-state index in [-0.39, 0.29) is 30.2 Å². The minimum atomic E-state index is -2.28. The largest absolute Gasteiger partial charge is 0.453 e. The standard InChI is InChI=1S/C45H50FN9O6/c1-25(2)37(52-43(58)60-5)41(56)54-17-7-8-35(54)39-48-22-34(51-39)32-16-15-30-18-29(13-14-31(30)19-32)27-9-11-28(12-10-27)33-21-49-40(50-33)36-20-45(46,23-47)24-55(36)42(57)38(26(3)4)53-44(59)61-6/h9-16,18-19,21-22,25-26,35-38H,7-8,17,20,24H2,1-6H3,(H,48,51)(H,49,50)(H,52,58)(H,53,59)/t35-,36-,37-,38-,45+/m0/s1. The van der Waals surface area contributed by atoms with E-state index in [2.05, 4.69) is 60.9 Å². The lowest BCUT2D eigenvalue weighted by molar-refractivity contribution is -0.136. The van der Waals surface area contributed by atoms with Crippen LogP contribution in [0.3, 0.4) is 0 Å². The molecule has 2 aromatic heterocycles. The topological polar surface area (TPSA) is 198 Å². The summed E-state index contributed by atoms with van der Waals surface area (Å²) in [6, 6.07) is 19.3. The van der Waals surface area contributed by atoms with Crippen LogP contribution >= 0.6 is 0 Å². The van der Waals surface area contributed by atoms with Crippen molar-refractivity contribution in [2.45, 2.75) is 76.8 Å². The van der Waals surface area contributed by atoms with E-state index in [9.17, 15) is 24.4 Å². The maximum Gasteiger partial charge on any atom is 0.407 e. The lowest BCUT2D eigenvalue weighted by atomic mass is 9.98. The smallest absolute Gasteiger partial charge is 0.407 e. The molecule has 16 heteroatoms. The second-order valence-corrected chi connectivity index (χ2v) is 16.4. The number of alkyl carbamates (subject to hydrolysis) is 2. The Labute approximate surface area is 353 Å². The van der Waals surface area contributed by atoms with E-state index in [1.807, 2.05) is 44.2 Å². The number of carbonyl (C=O) groups is 4. The zero-order chi connectivity index (χ0) is 43.6. The number of nitriles is 1. The predicted octanol–water partition coefficient (Wildman–Crippen LogP) is 7.22. The molecule has 3 aromatic carbocycles. The van der Waals surface area contributed by atoms with E-state index in [0.29, 0.717) is 23.9 Å². The normalized spacial score (nSPS) is 19.8. The van der Waals surface area contributed by atoms with Crippen molar-refractivity contribution >= 4 is 34.8 Å². The first-order valence-corrected chi connectivity index (χ1v) is 20.4. The van der Waals surface area contributed by atoms with E-state index in [1.54, 1.807) is 37.2 Å². The van der Waals surface area contributed by atoms with E-state index in [1.165, 1.54) is 19.1 Å². The van der Waals surface area contributed by atoms with Crippen LogP contribution < -0.4 is 10.6 Å². The molecule has 4 amide bonds. The molecular weight excluding hydrogens is 782 g/mol. The van der Waals surface area contributed by atoms with Gasteiger partial charge in [-0.2, -0.15) is 5.26 Å². The number of benzene rings is 3. The molecule has 5 atom stereocenters. The predicted molar refractivity (Wildman–Crippen MR) is 225 cm³/mol. The molecule has 0 aliphatic carbocycles. The van der Waals surface area contributed by atoms with Crippen molar-refractivity contribution in [1.82, 2.24) is 40.4 Å². The molecule has 5 aromatic rings. The number of nitrogens with one attached hydrogen (secondary N) is 4. The van der Waals surface area contributed by atoms with Gasteiger partial charge in [-0.25, -0.2) is 23.9 Å². The highest BCUT2D eigenvalue weighted by Gasteiger charge is 2.50. The zero-order valence-corrected chi connectivity index (χ0v) is 35.0. The Kier molecular flexibility index (Phi) is 12.1. The number of amides is 4. The van der Waals surface area contributed by atoms with Crippen molar-refractivity contribution in [1.29, 1.82) is 5.26 Å². The summed E-state index contributed by atoms with van der Waals surface area (Å²) in [6.07, 6.45) is 3.31. The molecule has 4 heterocycles.